The normalized spacial score (nSPS) is 9.50. The molecule has 4 heteroatoms. The Labute approximate surface area is 128 Å². The number of nitrogens with one attached hydrogen (secondary N) is 1. The first kappa shape index (κ1) is 15.3. The highest BCUT2D eigenvalue weighted by Crippen LogP contribution is 2.18. The minimum Gasteiger partial charge on any atom is -0.478 e. The van der Waals surface area contributed by atoms with Crippen molar-refractivity contribution in [1.82, 2.24) is 0 Å². The Balaban J connectivity index is 2.32. The molecule has 110 valence electrons. The van der Waals surface area contributed by atoms with Crippen LogP contribution in [0.2, 0.25) is 0 Å². The highest BCUT2D eigenvalue weighted by Gasteiger charge is 2.12. The van der Waals surface area contributed by atoms with Gasteiger partial charge in [-0.2, -0.15) is 0 Å². The lowest BCUT2D eigenvalue weighted by Crippen LogP contribution is -2.13. The predicted octanol–water partition coefficient (Wildman–Crippen LogP) is 3.13. The number of amides is 1. The van der Waals surface area contributed by atoms with Crippen molar-refractivity contribution in [3.63, 3.8) is 0 Å². The Morgan fingerprint density at radius 3 is 2.36 bits per heavy atom. The molecule has 2 aromatic carbocycles. The van der Waals surface area contributed by atoms with Gasteiger partial charge in [0, 0.05) is 17.5 Å². The molecule has 2 rings (SSSR count). The standard InChI is InChI=1S/C18H15NO3/c1-2-17(20)19-16-11-10-14(12-15(16)18(21)22)9-8-13-6-4-3-5-7-13/h3-7,10-12H,2H2,1H3,(H,19,20)(H,21,22). The average Bonchev–Trinajstić information content (AvgIpc) is 2.54. The molecular weight excluding hydrogens is 278 g/mol. The van der Waals surface area contributed by atoms with E-state index < -0.39 is 5.97 Å². The van der Waals surface area contributed by atoms with E-state index in [0.29, 0.717) is 5.56 Å². The first-order valence-electron chi connectivity index (χ1n) is 6.84. The van der Waals surface area contributed by atoms with E-state index in [0.717, 1.165) is 5.56 Å². The van der Waals surface area contributed by atoms with Gasteiger partial charge in [-0.05, 0) is 30.3 Å². The van der Waals surface area contributed by atoms with Crippen LogP contribution >= 0.6 is 0 Å². The monoisotopic (exact) mass is 293 g/mol. The number of carboxylic acids is 1. The zero-order valence-corrected chi connectivity index (χ0v) is 12.1. The van der Waals surface area contributed by atoms with Gasteiger partial charge < -0.3 is 10.4 Å². The van der Waals surface area contributed by atoms with Gasteiger partial charge >= 0.3 is 5.97 Å². The number of carbonyl (C=O) groups is 2. The third-order valence-electron chi connectivity index (χ3n) is 2.97. The Morgan fingerprint density at radius 1 is 1.05 bits per heavy atom. The molecule has 0 aromatic heterocycles. The summed E-state index contributed by atoms with van der Waals surface area (Å²) in [5.41, 5.74) is 1.74. The van der Waals surface area contributed by atoms with Gasteiger partial charge in [0.1, 0.15) is 0 Å². The number of anilines is 1. The summed E-state index contributed by atoms with van der Waals surface area (Å²) in [5.74, 6) is 4.56. The molecule has 0 aliphatic heterocycles. The third kappa shape index (κ3) is 3.97. The molecule has 0 heterocycles. The van der Waals surface area contributed by atoms with Crippen LogP contribution in [0.1, 0.15) is 34.8 Å². The summed E-state index contributed by atoms with van der Waals surface area (Å²) in [6.07, 6.45) is 0.286. The highest BCUT2D eigenvalue weighted by atomic mass is 16.4. The minimum absolute atomic E-state index is 0.0293. The molecule has 0 saturated carbocycles. The quantitative estimate of drug-likeness (QED) is 0.854. The van der Waals surface area contributed by atoms with Crippen LogP contribution in [0.25, 0.3) is 0 Å². The van der Waals surface area contributed by atoms with E-state index in [1.54, 1.807) is 19.1 Å². The number of benzene rings is 2. The molecule has 0 aliphatic carbocycles. The van der Waals surface area contributed by atoms with E-state index in [-0.39, 0.29) is 23.6 Å². The van der Waals surface area contributed by atoms with Gasteiger partial charge in [-0.15, -0.1) is 0 Å². The Morgan fingerprint density at radius 2 is 1.73 bits per heavy atom. The van der Waals surface area contributed by atoms with E-state index >= 15 is 0 Å². The summed E-state index contributed by atoms with van der Waals surface area (Å²) < 4.78 is 0. The van der Waals surface area contributed by atoms with Crippen molar-refractivity contribution >= 4 is 17.6 Å². The van der Waals surface area contributed by atoms with Crippen molar-refractivity contribution in [2.24, 2.45) is 0 Å². The van der Waals surface area contributed by atoms with Gasteiger partial charge in [-0.1, -0.05) is 37.0 Å². The van der Waals surface area contributed by atoms with Crippen molar-refractivity contribution in [1.29, 1.82) is 0 Å². The summed E-state index contributed by atoms with van der Waals surface area (Å²) >= 11 is 0. The summed E-state index contributed by atoms with van der Waals surface area (Å²) in [7, 11) is 0. The number of carbonyl (C=O) groups excluding carboxylic acids is 1. The first-order valence-corrected chi connectivity index (χ1v) is 6.84. The van der Waals surface area contributed by atoms with Gasteiger partial charge in [0.15, 0.2) is 0 Å². The maximum atomic E-state index is 11.4. The first-order chi connectivity index (χ1) is 10.6. The number of hydrogen-bond acceptors (Lipinski definition) is 2. The Hall–Kier alpha value is -3.06. The van der Waals surface area contributed by atoms with Crippen molar-refractivity contribution < 1.29 is 14.7 Å². The van der Waals surface area contributed by atoms with Crippen molar-refractivity contribution in [2.45, 2.75) is 13.3 Å². The fourth-order valence-electron chi connectivity index (χ4n) is 1.81. The van der Waals surface area contributed by atoms with Crippen LogP contribution in [0, 0.1) is 11.8 Å². The molecule has 1 amide bonds. The van der Waals surface area contributed by atoms with E-state index in [9.17, 15) is 14.7 Å². The lowest BCUT2D eigenvalue weighted by Gasteiger charge is -2.07. The topological polar surface area (TPSA) is 66.4 Å². The highest BCUT2D eigenvalue weighted by molar-refractivity contribution is 6.00. The van der Waals surface area contributed by atoms with Crippen LogP contribution in [0.5, 0.6) is 0 Å². The van der Waals surface area contributed by atoms with E-state index in [1.807, 2.05) is 30.3 Å². The van der Waals surface area contributed by atoms with E-state index in [4.69, 9.17) is 0 Å². The van der Waals surface area contributed by atoms with Crippen LogP contribution in [0.4, 0.5) is 5.69 Å². The molecule has 4 nitrogen and oxygen atoms in total. The van der Waals surface area contributed by atoms with Crippen LogP contribution in [0.15, 0.2) is 48.5 Å². The van der Waals surface area contributed by atoms with Crippen molar-refractivity contribution in [3.05, 3.63) is 65.2 Å². The summed E-state index contributed by atoms with van der Waals surface area (Å²) in [6, 6.07) is 14.1. The fraction of sp³-hybridized carbons (Fsp3) is 0.111. The molecule has 0 atom stereocenters. The second-order valence-corrected chi connectivity index (χ2v) is 4.58. The predicted molar refractivity (Wildman–Crippen MR) is 84.7 cm³/mol. The molecule has 0 spiro atoms. The van der Waals surface area contributed by atoms with Crippen molar-refractivity contribution in [2.75, 3.05) is 5.32 Å². The van der Waals surface area contributed by atoms with Crippen LogP contribution < -0.4 is 5.32 Å². The molecule has 2 aromatic rings. The third-order valence-corrected chi connectivity index (χ3v) is 2.97. The number of hydrogen-bond donors (Lipinski definition) is 2. The zero-order chi connectivity index (χ0) is 15.9. The summed E-state index contributed by atoms with van der Waals surface area (Å²) in [4.78, 5) is 22.7. The fourth-order valence-corrected chi connectivity index (χ4v) is 1.81. The number of carboxylic acid groups (broad SMARTS) is 1. The van der Waals surface area contributed by atoms with E-state index in [1.165, 1.54) is 6.07 Å². The second-order valence-electron chi connectivity index (χ2n) is 4.58. The average molecular weight is 293 g/mol. The van der Waals surface area contributed by atoms with Crippen LogP contribution in [-0.4, -0.2) is 17.0 Å². The molecule has 0 bridgehead atoms. The lowest BCUT2D eigenvalue weighted by atomic mass is 10.1. The van der Waals surface area contributed by atoms with Gasteiger partial charge in [0.2, 0.25) is 5.91 Å². The van der Waals surface area contributed by atoms with Gasteiger partial charge in [0.25, 0.3) is 0 Å². The molecule has 2 N–H and O–H groups in total. The van der Waals surface area contributed by atoms with Gasteiger partial charge in [-0.25, -0.2) is 4.79 Å². The number of aromatic carboxylic acids is 1. The molecule has 0 unspecified atom stereocenters. The zero-order valence-electron chi connectivity index (χ0n) is 12.1. The lowest BCUT2D eigenvalue weighted by molar-refractivity contribution is -0.115. The Kier molecular flexibility index (Phi) is 4.94. The molecular formula is C18H15NO3. The maximum Gasteiger partial charge on any atom is 0.337 e. The second kappa shape index (κ2) is 7.09. The molecule has 0 saturated heterocycles. The molecule has 22 heavy (non-hydrogen) atoms. The van der Waals surface area contributed by atoms with E-state index in [2.05, 4.69) is 17.2 Å². The van der Waals surface area contributed by atoms with Gasteiger partial charge in [0.05, 0.1) is 11.3 Å². The summed E-state index contributed by atoms with van der Waals surface area (Å²) in [5, 5.41) is 11.8. The SMILES string of the molecule is CCC(=O)Nc1ccc(C#Cc2ccccc2)cc1C(=O)O. The molecule has 0 aliphatic rings. The molecule has 0 radical (unpaired) electrons. The largest absolute Gasteiger partial charge is 0.478 e. The Bertz CT molecular complexity index is 755. The maximum absolute atomic E-state index is 11.4. The summed E-state index contributed by atoms with van der Waals surface area (Å²) in [6.45, 7) is 1.70. The number of rotatable bonds is 3. The molecule has 0 fully saturated rings. The van der Waals surface area contributed by atoms with Crippen LogP contribution in [-0.2, 0) is 4.79 Å². The van der Waals surface area contributed by atoms with Gasteiger partial charge in [-0.3, -0.25) is 4.79 Å². The smallest absolute Gasteiger partial charge is 0.337 e. The van der Waals surface area contributed by atoms with Crippen LogP contribution in [0.3, 0.4) is 0 Å². The minimum atomic E-state index is -1.10. The van der Waals surface area contributed by atoms with Crippen molar-refractivity contribution in [3.8, 4) is 11.8 Å².